The molecule has 24 heavy (non-hydrogen) atoms. The third-order valence-corrected chi connectivity index (χ3v) is 3.16. The van der Waals surface area contributed by atoms with Gasteiger partial charge in [-0.3, -0.25) is 9.36 Å². The number of esters is 1. The molecule has 0 aliphatic heterocycles. The standard InChI is InChI=1S/C18H20FNO4/c1-18(2,3)24-17(22)20-11-12(9-16(21)23-4)8-15(20)13-6-5-7-14(19)10-13/h5-8,10-11H,9H2,1-4H3. The number of carbonyl (C=O) groups is 2. The number of ether oxygens (including phenoxy) is 2. The second-order valence-electron chi connectivity index (χ2n) is 6.35. The highest BCUT2D eigenvalue weighted by Crippen LogP contribution is 2.25. The highest BCUT2D eigenvalue weighted by molar-refractivity contribution is 5.81. The Hall–Kier alpha value is -2.63. The lowest BCUT2D eigenvalue weighted by Gasteiger charge is -2.20. The summed E-state index contributed by atoms with van der Waals surface area (Å²) in [6.07, 6.45) is 0.915. The summed E-state index contributed by atoms with van der Waals surface area (Å²) < 4.78 is 24.8. The zero-order valence-corrected chi connectivity index (χ0v) is 14.1. The van der Waals surface area contributed by atoms with Gasteiger partial charge in [0.05, 0.1) is 19.2 Å². The van der Waals surface area contributed by atoms with Gasteiger partial charge in [-0.15, -0.1) is 0 Å². The van der Waals surface area contributed by atoms with Gasteiger partial charge in [0, 0.05) is 11.8 Å². The zero-order valence-electron chi connectivity index (χ0n) is 14.1. The van der Waals surface area contributed by atoms with Crippen molar-refractivity contribution < 1.29 is 23.5 Å². The smallest absolute Gasteiger partial charge is 0.418 e. The van der Waals surface area contributed by atoms with Crippen LogP contribution in [-0.2, 0) is 20.7 Å². The fourth-order valence-electron chi connectivity index (χ4n) is 2.19. The Labute approximate surface area is 140 Å². The molecule has 5 nitrogen and oxygen atoms in total. The lowest BCUT2D eigenvalue weighted by Crippen LogP contribution is -2.27. The number of hydrogen-bond donors (Lipinski definition) is 0. The number of nitrogens with zero attached hydrogens (tertiary/aromatic N) is 1. The fourth-order valence-corrected chi connectivity index (χ4v) is 2.19. The van der Waals surface area contributed by atoms with Crippen molar-refractivity contribution in [3.63, 3.8) is 0 Å². The van der Waals surface area contributed by atoms with E-state index in [0.29, 0.717) is 16.8 Å². The van der Waals surface area contributed by atoms with Gasteiger partial charge in [-0.1, -0.05) is 12.1 Å². The Morgan fingerprint density at radius 1 is 1.21 bits per heavy atom. The molecule has 0 atom stereocenters. The number of aromatic nitrogens is 1. The van der Waals surface area contributed by atoms with Crippen molar-refractivity contribution >= 4 is 12.1 Å². The quantitative estimate of drug-likeness (QED) is 0.802. The molecule has 128 valence electrons. The van der Waals surface area contributed by atoms with Crippen molar-refractivity contribution in [2.45, 2.75) is 32.8 Å². The molecule has 1 aromatic heterocycles. The molecule has 2 rings (SSSR count). The van der Waals surface area contributed by atoms with Crippen LogP contribution in [0.2, 0.25) is 0 Å². The number of halogens is 1. The third kappa shape index (κ3) is 4.44. The van der Waals surface area contributed by atoms with E-state index in [9.17, 15) is 14.0 Å². The van der Waals surface area contributed by atoms with Gasteiger partial charge in [-0.05, 0) is 44.5 Å². The van der Waals surface area contributed by atoms with E-state index in [1.54, 1.807) is 39.0 Å². The van der Waals surface area contributed by atoms with Crippen molar-refractivity contribution in [3.05, 3.63) is 47.9 Å². The highest BCUT2D eigenvalue weighted by Gasteiger charge is 2.22. The molecule has 0 aliphatic carbocycles. The molecule has 0 radical (unpaired) electrons. The van der Waals surface area contributed by atoms with Gasteiger partial charge < -0.3 is 9.47 Å². The maximum absolute atomic E-state index is 13.5. The van der Waals surface area contributed by atoms with E-state index in [0.717, 1.165) is 0 Å². The Balaban J connectivity index is 2.46. The van der Waals surface area contributed by atoms with Crippen LogP contribution < -0.4 is 0 Å². The topological polar surface area (TPSA) is 57.5 Å². The minimum absolute atomic E-state index is 0.00855. The highest BCUT2D eigenvalue weighted by atomic mass is 19.1. The lowest BCUT2D eigenvalue weighted by molar-refractivity contribution is -0.139. The van der Waals surface area contributed by atoms with Gasteiger partial charge >= 0.3 is 12.1 Å². The Kier molecular flexibility index (Phi) is 5.07. The molecule has 0 spiro atoms. The van der Waals surface area contributed by atoms with E-state index in [4.69, 9.17) is 4.74 Å². The molecule has 2 aromatic rings. The van der Waals surface area contributed by atoms with Crippen LogP contribution in [0.4, 0.5) is 9.18 Å². The van der Waals surface area contributed by atoms with Crippen LogP contribution in [0.1, 0.15) is 26.3 Å². The number of methoxy groups -OCH3 is 1. The summed E-state index contributed by atoms with van der Waals surface area (Å²) >= 11 is 0. The van der Waals surface area contributed by atoms with Crippen LogP contribution >= 0.6 is 0 Å². The molecule has 1 aromatic carbocycles. The van der Waals surface area contributed by atoms with Crippen LogP contribution in [-0.4, -0.2) is 29.3 Å². The van der Waals surface area contributed by atoms with Crippen LogP contribution in [0.25, 0.3) is 11.3 Å². The Morgan fingerprint density at radius 2 is 1.92 bits per heavy atom. The van der Waals surface area contributed by atoms with E-state index in [1.807, 2.05) is 0 Å². The second kappa shape index (κ2) is 6.86. The molecule has 1 heterocycles. The van der Waals surface area contributed by atoms with E-state index < -0.39 is 23.5 Å². The number of benzene rings is 1. The van der Waals surface area contributed by atoms with Gasteiger partial charge in [-0.25, -0.2) is 9.18 Å². The van der Waals surface area contributed by atoms with Gasteiger partial charge in [0.15, 0.2) is 0 Å². The molecule has 0 N–H and O–H groups in total. The van der Waals surface area contributed by atoms with Crippen molar-refractivity contribution in [1.29, 1.82) is 0 Å². The molecule has 0 saturated carbocycles. The normalized spacial score (nSPS) is 11.2. The van der Waals surface area contributed by atoms with E-state index in [2.05, 4.69) is 4.74 Å². The van der Waals surface area contributed by atoms with Crippen LogP contribution in [0.15, 0.2) is 36.5 Å². The van der Waals surface area contributed by atoms with Gasteiger partial charge in [-0.2, -0.15) is 0 Å². The summed E-state index contributed by atoms with van der Waals surface area (Å²) in [6.45, 7) is 5.27. The zero-order chi connectivity index (χ0) is 17.9. The second-order valence-corrected chi connectivity index (χ2v) is 6.35. The van der Waals surface area contributed by atoms with Crippen molar-refractivity contribution in [3.8, 4) is 11.3 Å². The SMILES string of the molecule is COC(=O)Cc1cc(-c2cccc(F)c2)n(C(=O)OC(C)(C)C)c1. The largest absolute Gasteiger partial charge is 0.469 e. The summed E-state index contributed by atoms with van der Waals surface area (Å²) in [4.78, 5) is 23.9. The first-order chi connectivity index (χ1) is 11.2. The molecule has 0 aliphatic rings. The Bertz CT molecular complexity index is 759. The van der Waals surface area contributed by atoms with Gasteiger partial charge in [0.2, 0.25) is 0 Å². The fraction of sp³-hybridized carbons (Fsp3) is 0.333. The number of rotatable bonds is 3. The minimum Gasteiger partial charge on any atom is -0.469 e. The average Bonchev–Trinajstić information content (AvgIpc) is 2.89. The van der Waals surface area contributed by atoms with Crippen LogP contribution in [0.5, 0.6) is 0 Å². The first-order valence-electron chi connectivity index (χ1n) is 7.47. The predicted octanol–water partition coefficient (Wildman–Crippen LogP) is 3.79. The number of carbonyl (C=O) groups excluding carboxylic acids is 2. The molecule has 6 heteroatoms. The molecular weight excluding hydrogens is 313 g/mol. The van der Waals surface area contributed by atoms with E-state index in [1.165, 1.54) is 30.0 Å². The van der Waals surface area contributed by atoms with Crippen molar-refractivity contribution in [2.24, 2.45) is 0 Å². The van der Waals surface area contributed by atoms with Gasteiger partial charge in [0.25, 0.3) is 0 Å². The molecule has 0 unspecified atom stereocenters. The van der Waals surface area contributed by atoms with E-state index in [-0.39, 0.29) is 6.42 Å². The van der Waals surface area contributed by atoms with Gasteiger partial charge in [0.1, 0.15) is 11.4 Å². The summed E-state index contributed by atoms with van der Waals surface area (Å²) in [5.41, 5.74) is 0.856. The Morgan fingerprint density at radius 3 is 2.50 bits per heavy atom. The van der Waals surface area contributed by atoms with Crippen LogP contribution in [0, 0.1) is 5.82 Å². The first-order valence-corrected chi connectivity index (χ1v) is 7.47. The van der Waals surface area contributed by atoms with Crippen molar-refractivity contribution in [1.82, 2.24) is 4.57 Å². The monoisotopic (exact) mass is 333 g/mol. The summed E-state index contributed by atoms with van der Waals surface area (Å²) in [5.74, 6) is -0.846. The first kappa shape index (κ1) is 17.7. The maximum atomic E-state index is 13.5. The summed E-state index contributed by atoms with van der Waals surface area (Å²) in [5, 5.41) is 0. The summed E-state index contributed by atoms with van der Waals surface area (Å²) in [7, 11) is 1.29. The predicted molar refractivity (Wildman–Crippen MR) is 87.2 cm³/mol. The number of hydrogen-bond acceptors (Lipinski definition) is 4. The van der Waals surface area contributed by atoms with Crippen molar-refractivity contribution in [2.75, 3.05) is 7.11 Å². The average molecular weight is 333 g/mol. The molecule has 0 fully saturated rings. The van der Waals surface area contributed by atoms with E-state index >= 15 is 0 Å². The molecule has 0 bridgehead atoms. The molecular formula is C18H20FNO4. The molecule has 0 amide bonds. The van der Waals surface area contributed by atoms with Crippen LogP contribution in [0.3, 0.4) is 0 Å². The molecule has 0 saturated heterocycles. The maximum Gasteiger partial charge on any atom is 0.418 e. The summed E-state index contributed by atoms with van der Waals surface area (Å²) in [6, 6.07) is 7.52. The minimum atomic E-state index is -0.678. The third-order valence-electron chi connectivity index (χ3n) is 3.16. The lowest BCUT2D eigenvalue weighted by atomic mass is 10.1.